The number of nitrogens with zero attached hydrogens (tertiary/aromatic N) is 3. The lowest BCUT2D eigenvalue weighted by Crippen LogP contribution is -2.43. The van der Waals surface area contributed by atoms with E-state index in [1.54, 1.807) is 6.20 Å². The largest absolute Gasteiger partial charge is 0.391 e. The van der Waals surface area contributed by atoms with Gasteiger partial charge < -0.3 is 5.11 Å². The van der Waals surface area contributed by atoms with Gasteiger partial charge in [-0.25, -0.2) is 0 Å². The number of aliphatic hydroxyl groups is 1. The van der Waals surface area contributed by atoms with Crippen molar-refractivity contribution >= 4 is 11.6 Å². The topological polar surface area (TPSA) is 41.3 Å². The average molecular weight is 306 g/mol. The molecule has 1 fully saturated rings. The van der Waals surface area contributed by atoms with E-state index in [1.165, 1.54) is 5.56 Å². The van der Waals surface area contributed by atoms with E-state index in [-0.39, 0.29) is 12.0 Å². The fourth-order valence-electron chi connectivity index (χ4n) is 2.99. The molecule has 1 saturated heterocycles. The molecule has 1 N–H and O–H groups in total. The molecular formula is C16H20ClN3O. The maximum atomic E-state index is 10.4. The Labute approximate surface area is 130 Å². The van der Waals surface area contributed by atoms with E-state index >= 15 is 0 Å². The highest BCUT2D eigenvalue weighted by Gasteiger charge is 2.28. The van der Waals surface area contributed by atoms with Gasteiger partial charge in [0.2, 0.25) is 0 Å². The first kappa shape index (κ1) is 14.6. The number of hydrogen-bond acceptors (Lipinski definition) is 3. The van der Waals surface area contributed by atoms with Crippen LogP contribution in [0, 0.1) is 0 Å². The predicted octanol–water partition coefficient (Wildman–Crippen LogP) is 2.39. The van der Waals surface area contributed by atoms with Gasteiger partial charge in [-0.3, -0.25) is 9.58 Å². The summed E-state index contributed by atoms with van der Waals surface area (Å²) < 4.78 is 1.85. The molecule has 0 bridgehead atoms. The first-order valence-electron chi connectivity index (χ1n) is 7.36. The molecule has 0 aliphatic carbocycles. The molecule has 0 saturated carbocycles. The minimum absolute atomic E-state index is 0.251. The molecule has 1 aromatic carbocycles. The van der Waals surface area contributed by atoms with Crippen molar-refractivity contribution in [2.24, 2.45) is 0 Å². The van der Waals surface area contributed by atoms with Crippen molar-refractivity contribution in [3.05, 3.63) is 53.3 Å². The molecule has 1 aliphatic rings. The predicted molar refractivity (Wildman–Crippen MR) is 83.5 cm³/mol. The summed E-state index contributed by atoms with van der Waals surface area (Å²) in [6.07, 6.45) is 4.17. The van der Waals surface area contributed by atoms with Crippen LogP contribution in [-0.4, -0.2) is 45.5 Å². The van der Waals surface area contributed by atoms with Crippen LogP contribution < -0.4 is 0 Å². The summed E-state index contributed by atoms with van der Waals surface area (Å²) in [6.45, 7) is 3.41. The monoisotopic (exact) mass is 305 g/mol. The molecular weight excluding hydrogens is 286 g/mol. The minimum atomic E-state index is -0.303. The van der Waals surface area contributed by atoms with Crippen molar-refractivity contribution in [1.82, 2.24) is 14.7 Å². The first-order valence-corrected chi connectivity index (χ1v) is 7.73. The van der Waals surface area contributed by atoms with E-state index in [4.69, 9.17) is 11.6 Å². The van der Waals surface area contributed by atoms with Gasteiger partial charge in [-0.15, -0.1) is 0 Å². The van der Waals surface area contributed by atoms with Crippen LogP contribution >= 0.6 is 11.6 Å². The van der Waals surface area contributed by atoms with Crippen molar-refractivity contribution in [2.45, 2.75) is 25.0 Å². The highest BCUT2D eigenvalue weighted by atomic mass is 35.5. The summed E-state index contributed by atoms with van der Waals surface area (Å²) in [5.41, 5.74) is 1.24. The van der Waals surface area contributed by atoms with Crippen LogP contribution in [0.25, 0.3) is 0 Å². The van der Waals surface area contributed by atoms with Gasteiger partial charge in [0.25, 0.3) is 0 Å². The van der Waals surface area contributed by atoms with Crippen LogP contribution in [0.1, 0.15) is 17.9 Å². The lowest BCUT2D eigenvalue weighted by molar-refractivity contribution is 0.0493. The zero-order chi connectivity index (χ0) is 14.7. The Morgan fingerprint density at radius 1 is 1.24 bits per heavy atom. The quantitative estimate of drug-likeness (QED) is 0.943. The second-order valence-corrected chi connectivity index (χ2v) is 6.03. The average Bonchev–Trinajstić information content (AvgIpc) is 2.92. The van der Waals surface area contributed by atoms with Crippen LogP contribution in [0.15, 0.2) is 42.7 Å². The van der Waals surface area contributed by atoms with Gasteiger partial charge >= 0.3 is 0 Å². The maximum Gasteiger partial charge on any atom is 0.0785 e. The fourth-order valence-corrected chi connectivity index (χ4v) is 3.15. The van der Waals surface area contributed by atoms with Crippen LogP contribution in [0.3, 0.4) is 0 Å². The smallest absolute Gasteiger partial charge is 0.0785 e. The molecule has 0 amide bonds. The third-order valence-electron chi connectivity index (χ3n) is 4.14. The Bertz CT molecular complexity index is 572. The number of aromatic nitrogens is 2. The van der Waals surface area contributed by atoms with Crippen molar-refractivity contribution < 1.29 is 5.11 Å². The third-order valence-corrected chi connectivity index (χ3v) is 4.34. The van der Waals surface area contributed by atoms with Crippen LogP contribution in [0.4, 0.5) is 0 Å². The normalized spacial score (nSPS) is 23.3. The molecule has 112 valence electrons. The molecule has 5 heteroatoms. The lowest BCUT2D eigenvalue weighted by Gasteiger charge is -2.36. The second kappa shape index (κ2) is 6.60. The molecule has 21 heavy (non-hydrogen) atoms. The lowest BCUT2D eigenvalue weighted by atomic mass is 9.87. The van der Waals surface area contributed by atoms with E-state index < -0.39 is 0 Å². The SMILES string of the molecule is O[C@@H]1CN(CCn2cc(Cl)cn2)CC[C@H]1c1ccccc1. The Kier molecular flexibility index (Phi) is 4.58. The Hall–Kier alpha value is -1.36. The molecule has 2 atom stereocenters. The Balaban J connectivity index is 1.53. The van der Waals surface area contributed by atoms with Crippen LogP contribution in [-0.2, 0) is 6.54 Å². The van der Waals surface area contributed by atoms with Gasteiger partial charge in [0, 0.05) is 25.2 Å². The number of hydrogen-bond donors (Lipinski definition) is 1. The molecule has 0 spiro atoms. The molecule has 2 heterocycles. The Morgan fingerprint density at radius 3 is 2.71 bits per heavy atom. The van der Waals surface area contributed by atoms with E-state index in [0.29, 0.717) is 11.6 Å². The number of benzene rings is 1. The molecule has 3 rings (SSSR count). The summed E-state index contributed by atoms with van der Waals surface area (Å²) in [5, 5.41) is 15.3. The van der Waals surface area contributed by atoms with Gasteiger partial charge in [-0.1, -0.05) is 41.9 Å². The van der Waals surface area contributed by atoms with Gasteiger partial charge in [-0.05, 0) is 18.5 Å². The minimum Gasteiger partial charge on any atom is -0.391 e. The number of rotatable bonds is 4. The summed E-state index contributed by atoms with van der Waals surface area (Å²) in [5.74, 6) is 0.251. The summed E-state index contributed by atoms with van der Waals surface area (Å²) in [6, 6.07) is 10.3. The molecule has 0 radical (unpaired) electrons. The second-order valence-electron chi connectivity index (χ2n) is 5.60. The van der Waals surface area contributed by atoms with Crippen molar-refractivity contribution in [3.63, 3.8) is 0 Å². The summed E-state index contributed by atoms with van der Waals surface area (Å²) >= 11 is 5.86. The molecule has 2 aromatic rings. The maximum absolute atomic E-state index is 10.4. The zero-order valence-electron chi connectivity index (χ0n) is 11.9. The van der Waals surface area contributed by atoms with Crippen molar-refractivity contribution in [3.8, 4) is 0 Å². The highest BCUT2D eigenvalue weighted by Crippen LogP contribution is 2.28. The van der Waals surface area contributed by atoms with Gasteiger partial charge in [0.05, 0.1) is 23.9 Å². The molecule has 0 unspecified atom stereocenters. The number of β-amino-alcohol motifs (C(OH)–C–C–N with tert-alkyl or cyclic N) is 1. The molecule has 4 nitrogen and oxygen atoms in total. The van der Waals surface area contributed by atoms with E-state index in [0.717, 1.165) is 26.1 Å². The first-order chi connectivity index (χ1) is 10.2. The van der Waals surface area contributed by atoms with Crippen LogP contribution in [0.5, 0.6) is 0 Å². The third kappa shape index (κ3) is 3.64. The van der Waals surface area contributed by atoms with Gasteiger partial charge in [-0.2, -0.15) is 5.10 Å². The van der Waals surface area contributed by atoms with E-state index in [9.17, 15) is 5.11 Å². The van der Waals surface area contributed by atoms with E-state index in [1.807, 2.05) is 29.1 Å². The fraction of sp³-hybridized carbons (Fsp3) is 0.438. The van der Waals surface area contributed by atoms with Gasteiger partial charge in [0.1, 0.15) is 0 Å². The number of piperidine rings is 1. The molecule has 1 aromatic heterocycles. The van der Waals surface area contributed by atoms with Crippen molar-refractivity contribution in [2.75, 3.05) is 19.6 Å². The number of likely N-dealkylation sites (tertiary alicyclic amines) is 1. The standard InChI is InChI=1S/C16H20ClN3O/c17-14-10-18-20(11-14)9-8-19-7-6-15(16(21)12-19)13-4-2-1-3-5-13/h1-5,10-11,15-16,21H,6-9,12H2/t15-,16+/m0/s1. The number of aliphatic hydroxyl groups excluding tert-OH is 1. The van der Waals surface area contributed by atoms with Crippen molar-refractivity contribution in [1.29, 1.82) is 0 Å². The van der Waals surface area contributed by atoms with E-state index in [2.05, 4.69) is 22.1 Å². The summed E-state index contributed by atoms with van der Waals surface area (Å²) in [7, 11) is 0. The zero-order valence-corrected chi connectivity index (χ0v) is 12.7. The number of halogens is 1. The van der Waals surface area contributed by atoms with Crippen LogP contribution in [0.2, 0.25) is 5.02 Å². The Morgan fingerprint density at radius 2 is 2.05 bits per heavy atom. The molecule has 1 aliphatic heterocycles. The van der Waals surface area contributed by atoms with Gasteiger partial charge in [0.15, 0.2) is 0 Å². The summed E-state index contributed by atoms with van der Waals surface area (Å²) in [4.78, 5) is 2.29. The highest BCUT2D eigenvalue weighted by molar-refractivity contribution is 6.30.